The summed E-state index contributed by atoms with van der Waals surface area (Å²) >= 11 is 0. The third-order valence-corrected chi connectivity index (χ3v) is 4.20. The van der Waals surface area contributed by atoms with Gasteiger partial charge < -0.3 is 4.90 Å². The average Bonchev–Trinajstić information content (AvgIpc) is 3.09. The van der Waals surface area contributed by atoms with Crippen LogP contribution in [-0.2, 0) is 4.79 Å². The molecular formula is C16H21N7O. The van der Waals surface area contributed by atoms with E-state index in [-0.39, 0.29) is 30.2 Å². The van der Waals surface area contributed by atoms with Crippen molar-refractivity contribution in [3.8, 4) is 12.1 Å². The zero-order chi connectivity index (χ0) is 17.5. The molecule has 0 saturated carbocycles. The van der Waals surface area contributed by atoms with Crippen molar-refractivity contribution in [1.82, 2.24) is 19.9 Å². The molecule has 1 aliphatic rings. The summed E-state index contributed by atoms with van der Waals surface area (Å²) in [6.45, 7) is 4.71. The quantitative estimate of drug-likeness (QED) is 0.784. The maximum Gasteiger partial charge on any atom is 0.239 e. The second-order valence-corrected chi connectivity index (χ2v) is 5.74. The number of carbonyl (C=O) groups is 1. The number of rotatable bonds is 6. The van der Waals surface area contributed by atoms with Gasteiger partial charge in [-0.05, 0) is 26.2 Å². The minimum Gasteiger partial charge on any atom is -0.325 e. The first-order valence-corrected chi connectivity index (χ1v) is 8.04. The maximum absolute atomic E-state index is 12.6. The molecule has 0 spiro atoms. The van der Waals surface area contributed by atoms with Gasteiger partial charge in [-0.2, -0.15) is 10.5 Å². The summed E-state index contributed by atoms with van der Waals surface area (Å²) in [5, 5.41) is 20.0. The molecule has 0 bridgehead atoms. The normalized spacial score (nSPS) is 18.0. The summed E-state index contributed by atoms with van der Waals surface area (Å²) < 4.78 is 0. The van der Waals surface area contributed by atoms with Crippen molar-refractivity contribution in [3.63, 3.8) is 0 Å². The number of hydrazine groups is 1. The summed E-state index contributed by atoms with van der Waals surface area (Å²) in [4.78, 5) is 22.3. The summed E-state index contributed by atoms with van der Waals surface area (Å²) in [5.74, 6) is 0.223. The molecule has 126 valence electrons. The lowest BCUT2D eigenvalue weighted by atomic mass is 10.2. The lowest BCUT2D eigenvalue weighted by Crippen LogP contribution is -2.47. The van der Waals surface area contributed by atoms with Crippen LogP contribution in [0.5, 0.6) is 0 Å². The van der Waals surface area contributed by atoms with Crippen molar-refractivity contribution in [3.05, 3.63) is 18.1 Å². The van der Waals surface area contributed by atoms with Crippen molar-refractivity contribution in [2.75, 3.05) is 18.5 Å². The fourth-order valence-electron chi connectivity index (χ4n) is 2.60. The molecule has 0 aromatic carbocycles. The fourth-order valence-corrected chi connectivity index (χ4v) is 2.60. The van der Waals surface area contributed by atoms with Crippen molar-refractivity contribution < 1.29 is 4.79 Å². The first-order valence-electron chi connectivity index (χ1n) is 8.04. The molecule has 1 aromatic heterocycles. The molecule has 1 saturated heterocycles. The van der Waals surface area contributed by atoms with E-state index in [9.17, 15) is 4.79 Å². The van der Waals surface area contributed by atoms with Gasteiger partial charge in [0.2, 0.25) is 5.91 Å². The molecule has 2 rings (SSSR count). The van der Waals surface area contributed by atoms with Crippen LogP contribution in [0.1, 0.15) is 38.8 Å². The molecular weight excluding hydrogens is 306 g/mol. The lowest BCUT2D eigenvalue weighted by molar-refractivity contribution is -0.132. The smallest absolute Gasteiger partial charge is 0.239 e. The van der Waals surface area contributed by atoms with Crippen LogP contribution < -0.4 is 5.43 Å². The Morgan fingerprint density at radius 2 is 2.25 bits per heavy atom. The van der Waals surface area contributed by atoms with Crippen molar-refractivity contribution in [2.45, 2.75) is 45.2 Å². The van der Waals surface area contributed by atoms with Crippen molar-refractivity contribution in [1.29, 1.82) is 10.5 Å². The number of hydrogen-bond acceptors (Lipinski definition) is 7. The summed E-state index contributed by atoms with van der Waals surface area (Å²) in [6.07, 6.45) is 5.32. The van der Waals surface area contributed by atoms with Crippen LogP contribution in [-0.4, -0.2) is 51.0 Å². The van der Waals surface area contributed by atoms with Crippen LogP contribution in [0.3, 0.4) is 0 Å². The molecule has 1 aromatic rings. The Hall–Kier alpha value is -2.71. The van der Waals surface area contributed by atoms with Gasteiger partial charge >= 0.3 is 0 Å². The number of likely N-dealkylation sites (tertiary alicyclic amines) is 1. The van der Waals surface area contributed by atoms with Gasteiger partial charge in [-0.3, -0.25) is 10.2 Å². The minimum atomic E-state index is -0.345. The molecule has 2 heterocycles. The van der Waals surface area contributed by atoms with Gasteiger partial charge in [0.05, 0.1) is 12.6 Å². The standard InChI is InChI=1S/C16H21N7O/c1-3-12(2)23(21-16-14(10-18)19-6-7-20-16)11-15(24)22-8-4-5-13(22)9-17/h6-7,12-13H,3-5,8,11H2,1-2H3,(H,20,21)/t12-,13?/m0/s1. The van der Waals surface area contributed by atoms with E-state index < -0.39 is 0 Å². The average molecular weight is 327 g/mol. The number of carbonyl (C=O) groups excluding carboxylic acids is 1. The number of anilines is 1. The van der Waals surface area contributed by atoms with E-state index in [0.29, 0.717) is 12.4 Å². The zero-order valence-corrected chi connectivity index (χ0v) is 13.9. The number of amides is 1. The van der Waals surface area contributed by atoms with Gasteiger partial charge in [0, 0.05) is 25.0 Å². The first kappa shape index (κ1) is 17.6. The van der Waals surface area contributed by atoms with Crippen LogP contribution in [0.4, 0.5) is 5.82 Å². The Morgan fingerprint density at radius 3 is 2.92 bits per heavy atom. The van der Waals surface area contributed by atoms with E-state index in [1.807, 2.05) is 19.9 Å². The SMILES string of the molecule is CC[C@H](C)N(CC(=O)N1CCCC1C#N)Nc1nccnc1C#N. The molecule has 24 heavy (non-hydrogen) atoms. The Morgan fingerprint density at radius 1 is 1.50 bits per heavy atom. The van der Waals surface area contributed by atoms with E-state index in [0.717, 1.165) is 19.3 Å². The van der Waals surface area contributed by atoms with Crippen LogP contribution in [0.2, 0.25) is 0 Å². The molecule has 0 radical (unpaired) electrons. The molecule has 1 fully saturated rings. The highest BCUT2D eigenvalue weighted by atomic mass is 16.2. The molecule has 2 atom stereocenters. The zero-order valence-electron chi connectivity index (χ0n) is 13.9. The lowest BCUT2D eigenvalue weighted by Gasteiger charge is -2.31. The molecule has 8 nitrogen and oxygen atoms in total. The predicted octanol–water partition coefficient (Wildman–Crippen LogP) is 1.29. The van der Waals surface area contributed by atoms with Crippen LogP contribution in [0, 0.1) is 22.7 Å². The molecule has 1 amide bonds. The van der Waals surface area contributed by atoms with Crippen LogP contribution in [0.15, 0.2) is 12.4 Å². The number of nitriles is 2. The second kappa shape index (κ2) is 8.23. The van der Waals surface area contributed by atoms with Gasteiger partial charge in [-0.1, -0.05) is 6.92 Å². The van der Waals surface area contributed by atoms with Crippen LogP contribution in [0.25, 0.3) is 0 Å². The van der Waals surface area contributed by atoms with E-state index in [4.69, 9.17) is 10.5 Å². The van der Waals surface area contributed by atoms with E-state index in [1.54, 1.807) is 9.91 Å². The van der Waals surface area contributed by atoms with E-state index in [2.05, 4.69) is 21.5 Å². The highest BCUT2D eigenvalue weighted by molar-refractivity contribution is 5.79. The topological polar surface area (TPSA) is 109 Å². The molecule has 1 unspecified atom stereocenters. The molecule has 1 aliphatic heterocycles. The van der Waals surface area contributed by atoms with Gasteiger partial charge in [-0.15, -0.1) is 0 Å². The third kappa shape index (κ3) is 3.98. The van der Waals surface area contributed by atoms with Gasteiger partial charge in [-0.25, -0.2) is 15.0 Å². The number of hydrogen-bond donors (Lipinski definition) is 1. The summed E-state index contributed by atoms with van der Waals surface area (Å²) in [6, 6.07) is 3.86. The largest absolute Gasteiger partial charge is 0.325 e. The Kier molecular flexibility index (Phi) is 6.05. The summed E-state index contributed by atoms with van der Waals surface area (Å²) in [5.41, 5.74) is 3.22. The summed E-state index contributed by atoms with van der Waals surface area (Å²) in [7, 11) is 0. The number of nitrogens with zero attached hydrogens (tertiary/aromatic N) is 6. The van der Waals surface area contributed by atoms with Crippen molar-refractivity contribution in [2.24, 2.45) is 0 Å². The molecule has 8 heteroatoms. The first-order chi connectivity index (χ1) is 11.6. The highest BCUT2D eigenvalue weighted by Gasteiger charge is 2.30. The molecule has 0 aliphatic carbocycles. The van der Waals surface area contributed by atoms with E-state index >= 15 is 0 Å². The second-order valence-electron chi connectivity index (χ2n) is 5.74. The van der Waals surface area contributed by atoms with E-state index in [1.165, 1.54) is 12.4 Å². The third-order valence-electron chi connectivity index (χ3n) is 4.20. The number of nitrogens with one attached hydrogen (secondary N) is 1. The Labute approximate surface area is 141 Å². The molecule has 1 N–H and O–H groups in total. The fraction of sp³-hybridized carbons (Fsp3) is 0.562. The van der Waals surface area contributed by atoms with Gasteiger partial charge in [0.1, 0.15) is 12.1 Å². The number of aromatic nitrogens is 2. The predicted molar refractivity (Wildman–Crippen MR) is 87.2 cm³/mol. The Bertz CT molecular complexity index is 663. The Balaban J connectivity index is 2.13. The monoisotopic (exact) mass is 327 g/mol. The maximum atomic E-state index is 12.6. The minimum absolute atomic E-state index is 0.0469. The van der Waals surface area contributed by atoms with Crippen LogP contribution >= 0.6 is 0 Å². The van der Waals surface area contributed by atoms with Crippen molar-refractivity contribution >= 4 is 11.7 Å². The highest BCUT2D eigenvalue weighted by Crippen LogP contribution is 2.18. The van der Waals surface area contributed by atoms with Gasteiger partial charge in [0.25, 0.3) is 0 Å². The van der Waals surface area contributed by atoms with Gasteiger partial charge in [0.15, 0.2) is 11.5 Å².